The Labute approximate surface area is 268 Å². The summed E-state index contributed by atoms with van der Waals surface area (Å²) in [6.45, 7) is 0.645. The highest BCUT2D eigenvalue weighted by Gasteiger charge is 2.50. The Morgan fingerprint density at radius 2 is 1.69 bits per heavy atom. The Morgan fingerprint density at radius 1 is 0.933 bits per heavy atom. The summed E-state index contributed by atoms with van der Waals surface area (Å²) in [5.74, 6) is -0.249. The monoisotopic (exact) mass is 640 g/mol. The zero-order chi connectivity index (χ0) is 31.2. The molecule has 4 aromatic carbocycles. The molecule has 9 nitrogen and oxygen atoms in total. The van der Waals surface area contributed by atoms with Crippen molar-refractivity contribution in [2.45, 2.75) is 46.7 Å². The van der Waals surface area contributed by atoms with Gasteiger partial charge in [-0.25, -0.2) is 0 Å². The molecule has 0 radical (unpaired) electrons. The number of para-hydroxylation sites is 2. The van der Waals surface area contributed by atoms with E-state index in [1.807, 2.05) is 41.3 Å². The lowest BCUT2D eigenvalue weighted by Crippen LogP contribution is -2.36. The van der Waals surface area contributed by atoms with E-state index in [0.29, 0.717) is 23.4 Å². The molecule has 1 aliphatic carbocycles. The molecule has 4 aromatic rings. The smallest absolute Gasteiger partial charge is 0.282 e. The van der Waals surface area contributed by atoms with E-state index in [4.69, 9.17) is 11.6 Å². The summed E-state index contributed by atoms with van der Waals surface area (Å²) < 4.78 is 0. The molecule has 0 aromatic heterocycles. The average molecular weight is 641 g/mol. The van der Waals surface area contributed by atoms with Gasteiger partial charge in [0.15, 0.2) is 0 Å². The molecular formula is C34H29ClN4O5S. The zero-order valence-electron chi connectivity index (χ0n) is 24.0. The van der Waals surface area contributed by atoms with Crippen LogP contribution in [0.5, 0.6) is 0 Å². The fourth-order valence-electron chi connectivity index (χ4n) is 7.15. The number of rotatable bonds is 6. The molecule has 5 unspecified atom stereocenters. The maximum absolute atomic E-state index is 14.0. The first-order valence-corrected chi connectivity index (χ1v) is 16.2. The highest BCUT2D eigenvalue weighted by atomic mass is 35.5. The summed E-state index contributed by atoms with van der Waals surface area (Å²) >= 11 is 8.74. The molecule has 45 heavy (non-hydrogen) atoms. The van der Waals surface area contributed by atoms with Crippen molar-refractivity contribution < 1.29 is 14.6 Å². The Bertz CT molecular complexity index is 1820. The van der Waals surface area contributed by atoms with Crippen molar-refractivity contribution in [3.63, 3.8) is 0 Å². The summed E-state index contributed by atoms with van der Waals surface area (Å²) in [6, 6.07) is 26.8. The number of anilines is 2. The molecule has 228 valence electrons. The van der Waals surface area contributed by atoms with Crippen LogP contribution in [0.1, 0.15) is 51.8 Å². The Balaban J connectivity index is 1.26. The third kappa shape index (κ3) is 5.32. The number of aryl methyl sites for hydroxylation is 1. The normalized spacial score (nSPS) is 23.3. The summed E-state index contributed by atoms with van der Waals surface area (Å²) in [7, 11) is 0. The number of nitro benzene ring substituents is 2. The van der Waals surface area contributed by atoms with E-state index < -0.39 is 4.92 Å². The van der Waals surface area contributed by atoms with Crippen molar-refractivity contribution in [1.29, 1.82) is 0 Å². The van der Waals surface area contributed by atoms with Gasteiger partial charge in [-0.1, -0.05) is 42.5 Å². The van der Waals surface area contributed by atoms with E-state index in [-0.39, 0.29) is 50.7 Å². The lowest BCUT2D eigenvalue weighted by Gasteiger charge is -2.39. The van der Waals surface area contributed by atoms with E-state index in [2.05, 4.69) is 11.4 Å². The van der Waals surface area contributed by atoms with E-state index >= 15 is 0 Å². The predicted octanol–water partition coefficient (Wildman–Crippen LogP) is 8.13. The maximum Gasteiger partial charge on any atom is 0.282 e. The van der Waals surface area contributed by atoms with Crippen LogP contribution in [0.3, 0.4) is 0 Å². The SMILES string of the molecule is O=C(c1ccc2c(c1)C1C(Cl)C(Sc3ccccc3[N+](=O)[O-])CC1C(c1ccc([N+](=O)[O-])cc1)N2)N1CCCc2ccccc21. The molecule has 1 N–H and O–H groups in total. The number of carbonyl (C=O) groups excluding carboxylic acids is 1. The minimum Gasteiger partial charge on any atom is -0.378 e. The first-order chi connectivity index (χ1) is 21.8. The Morgan fingerprint density at radius 3 is 2.47 bits per heavy atom. The second kappa shape index (κ2) is 11.8. The second-order valence-corrected chi connectivity index (χ2v) is 13.5. The molecule has 1 saturated carbocycles. The number of benzene rings is 4. The molecule has 1 fully saturated rings. The lowest BCUT2D eigenvalue weighted by atomic mass is 9.76. The number of hydrogen-bond donors (Lipinski definition) is 1. The molecule has 3 aliphatic rings. The molecule has 7 rings (SSSR count). The number of non-ortho nitro benzene ring substituents is 1. The number of alkyl halides is 1. The molecule has 1 amide bonds. The number of thioether (sulfide) groups is 1. The van der Waals surface area contributed by atoms with Crippen LogP contribution < -0.4 is 10.2 Å². The first kappa shape index (κ1) is 29.3. The van der Waals surface area contributed by atoms with E-state index in [9.17, 15) is 25.0 Å². The minimum atomic E-state index is -0.417. The van der Waals surface area contributed by atoms with Crippen LogP contribution in [0.4, 0.5) is 22.7 Å². The van der Waals surface area contributed by atoms with Crippen LogP contribution in [-0.4, -0.2) is 32.9 Å². The van der Waals surface area contributed by atoms with Crippen molar-refractivity contribution in [2.24, 2.45) is 5.92 Å². The Kier molecular flexibility index (Phi) is 7.71. The van der Waals surface area contributed by atoms with Crippen LogP contribution in [0.15, 0.2) is 95.9 Å². The van der Waals surface area contributed by atoms with Gasteiger partial charge in [0, 0.05) is 52.8 Å². The molecule has 0 spiro atoms. The fourth-order valence-corrected chi connectivity index (χ4v) is 9.10. The maximum atomic E-state index is 14.0. The van der Waals surface area contributed by atoms with Crippen LogP contribution >= 0.6 is 23.4 Å². The van der Waals surface area contributed by atoms with Gasteiger partial charge in [-0.05, 0) is 72.2 Å². The van der Waals surface area contributed by atoms with Gasteiger partial charge in [0.25, 0.3) is 17.3 Å². The number of nitrogens with zero attached hydrogens (tertiary/aromatic N) is 3. The topological polar surface area (TPSA) is 119 Å². The number of carbonyl (C=O) groups is 1. The van der Waals surface area contributed by atoms with Crippen LogP contribution in [0.2, 0.25) is 0 Å². The minimum absolute atomic E-state index is 0.0143. The average Bonchev–Trinajstić information content (AvgIpc) is 3.39. The van der Waals surface area contributed by atoms with Crippen molar-refractivity contribution in [1.82, 2.24) is 0 Å². The van der Waals surface area contributed by atoms with Gasteiger partial charge in [0.1, 0.15) is 0 Å². The largest absolute Gasteiger partial charge is 0.378 e. The summed E-state index contributed by atoms with van der Waals surface area (Å²) in [5, 5.41) is 26.2. The van der Waals surface area contributed by atoms with E-state index in [1.54, 1.807) is 30.3 Å². The van der Waals surface area contributed by atoms with Crippen LogP contribution in [0.25, 0.3) is 0 Å². The number of fused-ring (bicyclic) bond motifs is 4. The molecule has 2 aliphatic heterocycles. The number of nitro groups is 2. The van der Waals surface area contributed by atoms with Crippen LogP contribution in [-0.2, 0) is 6.42 Å². The second-order valence-electron chi connectivity index (χ2n) is 11.7. The van der Waals surface area contributed by atoms with Crippen LogP contribution in [0, 0.1) is 26.1 Å². The van der Waals surface area contributed by atoms with Gasteiger partial charge < -0.3 is 10.2 Å². The third-order valence-corrected chi connectivity index (χ3v) is 11.3. The fraction of sp³-hybridized carbons (Fsp3) is 0.265. The number of hydrogen-bond acceptors (Lipinski definition) is 7. The highest BCUT2D eigenvalue weighted by molar-refractivity contribution is 8.00. The Hall–Kier alpha value is -4.41. The van der Waals surface area contributed by atoms with Crippen molar-refractivity contribution in [2.75, 3.05) is 16.8 Å². The van der Waals surface area contributed by atoms with Crippen molar-refractivity contribution in [3.05, 3.63) is 133 Å². The van der Waals surface area contributed by atoms with E-state index in [1.165, 1.54) is 30.0 Å². The summed E-state index contributed by atoms with van der Waals surface area (Å²) in [5.41, 5.74) is 5.44. The quantitative estimate of drug-likeness (QED) is 0.128. The molecular weight excluding hydrogens is 612 g/mol. The molecule has 11 heteroatoms. The highest BCUT2D eigenvalue weighted by Crippen LogP contribution is 2.58. The van der Waals surface area contributed by atoms with Gasteiger partial charge in [0.05, 0.1) is 26.2 Å². The zero-order valence-corrected chi connectivity index (χ0v) is 25.6. The number of halogens is 1. The molecule has 5 atom stereocenters. The van der Waals surface area contributed by atoms with Gasteiger partial charge in [-0.3, -0.25) is 25.0 Å². The predicted molar refractivity (Wildman–Crippen MR) is 176 cm³/mol. The standard InChI is InChI=1S/C34H29ClN4O5S/c35-32-30(45-29-10-4-3-9-28(29)39(43)44)19-25-31(32)24-18-22(34(40)37-17-5-7-20-6-1-2-8-27(20)37)13-16-26(24)36-33(25)21-11-14-23(15-12-21)38(41)42/h1-4,6,8-16,18,25,30-33,36H,5,7,17,19H2. The first-order valence-electron chi connectivity index (χ1n) is 14.9. The van der Waals surface area contributed by atoms with Gasteiger partial charge >= 0.3 is 0 Å². The van der Waals surface area contributed by atoms with Crippen molar-refractivity contribution >= 4 is 52.0 Å². The summed E-state index contributed by atoms with van der Waals surface area (Å²) in [4.78, 5) is 38.7. The molecule has 2 heterocycles. The third-order valence-electron chi connectivity index (χ3n) is 9.22. The van der Waals surface area contributed by atoms with Gasteiger partial charge in [0.2, 0.25) is 0 Å². The van der Waals surface area contributed by atoms with Crippen molar-refractivity contribution in [3.8, 4) is 0 Å². The number of amides is 1. The van der Waals surface area contributed by atoms with E-state index in [0.717, 1.165) is 40.9 Å². The molecule has 0 saturated heterocycles. The van der Waals surface area contributed by atoms with Gasteiger partial charge in [-0.15, -0.1) is 23.4 Å². The molecule has 0 bridgehead atoms. The number of nitrogens with one attached hydrogen (secondary N) is 1. The van der Waals surface area contributed by atoms with Gasteiger partial charge in [-0.2, -0.15) is 0 Å². The lowest BCUT2D eigenvalue weighted by molar-refractivity contribution is -0.387. The summed E-state index contributed by atoms with van der Waals surface area (Å²) in [6.07, 6.45) is 2.49.